The number of nitrogens with zero attached hydrogens (tertiary/aromatic N) is 6. The smallest absolute Gasteiger partial charge is 0.399 e. The third-order valence-corrected chi connectivity index (χ3v) is 23.3. The number of hydrogen-bond acceptors (Lipinski definition) is 8. The van der Waals surface area contributed by atoms with Crippen molar-refractivity contribution >= 4 is 149 Å². The van der Waals surface area contributed by atoms with Gasteiger partial charge in [0, 0.05) is 40.6 Å². The van der Waals surface area contributed by atoms with Crippen molar-refractivity contribution in [2.75, 3.05) is 9.80 Å². The second-order valence-corrected chi connectivity index (χ2v) is 31.4. The summed E-state index contributed by atoms with van der Waals surface area (Å²) in [5, 5.41) is 19.8. The van der Waals surface area contributed by atoms with E-state index in [2.05, 4.69) is 348 Å². The Morgan fingerprint density at radius 1 is 0.241 bits per heavy atom. The summed E-state index contributed by atoms with van der Waals surface area (Å²) in [5.41, 5.74) is 14.4. The molecular weight excluding hydrogens is 1480 g/mol. The average Bonchev–Trinajstić information content (AvgIpc) is 0.907. The van der Waals surface area contributed by atoms with Crippen LogP contribution in [0.25, 0.3) is 142 Å². The molecular formula is C106H78BBrN6O2. The molecule has 21 rings (SSSR count). The normalized spacial score (nSPS) is 12.9. The van der Waals surface area contributed by atoms with Crippen LogP contribution in [0.3, 0.4) is 0 Å². The van der Waals surface area contributed by atoms with E-state index in [-0.39, 0.29) is 0 Å². The molecule has 0 radical (unpaired) electrons. The van der Waals surface area contributed by atoms with Crippen molar-refractivity contribution in [1.29, 1.82) is 0 Å². The highest BCUT2D eigenvalue weighted by Gasteiger charge is 2.52. The molecule has 554 valence electrons. The van der Waals surface area contributed by atoms with Gasteiger partial charge >= 0.3 is 7.12 Å². The van der Waals surface area contributed by atoms with Crippen LogP contribution >= 0.6 is 15.9 Å². The fraction of sp³-hybridized carbons (Fsp3) is 0.0566. The maximum absolute atomic E-state index is 6.53. The minimum Gasteiger partial charge on any atom is -0.399 e. The van der Waals surface area contributed by atoms with Crippen molar-refractivity contribution < 1.29 is 9.31 Å². The Hall–Kier alpha value is -13.7. The first-order chi connectivity index (χ1) is 56.9. The zero-order valence-corrected chi connectivity index (χ0v) is 66.1. The van der Waals surface area contributed by atoms with Gasteiger partial charge < -0.3 is 9.31 Å². The van der Waals surface area contributed by atoms with Gasteiger partial charge in [0.15, 0.2) is 0 Å². The van der Waals surface area contributed by atoms with E-state index in [9.17, 15) is 0 Å². The second kappa shape index (κ2) is 31.0. The molecule has 0 saturated carbocycles. The van der Waals surface area contributed by atoms with Crippen LogP contribution in [-0.2, 0) is 9.31 Å². The quantitative estimate of drug-likeness (QED) is 0.0885. The molecule has 0 atom stereocenters. The topological polar surface area (TPSA) is 76.5 Å². The van der Waals surface area contributed by atoms with Crippen LogP contribution in [0, 0.1) is 0 Å². The number of rotatable bonds is 12. The molecule has 16 aromatic carbocycles. The van der Waals surface area contributed by atoms with Crippen LogP contribution in [0.5, 0.6) is 0 Å². The van der Waals surface area contributed by atoms with Gasteiger partial charge in [-0.15, -0.1) is 0 Å². The van der Waals surface area contributed by atoms with Gasteiger partial charge in [0.2, 0.25) is 0 Å². The van der Waals surface area contributed by atoms with Gasteiger partial charge in [-0.1, -0.05) is 277 Å². The molecule has 5 heterocycles. The van der Waals surface area contributed by atoms with E-state index in [0.29, 0.717) is 0 Å². The van der Waals surface area contributed by atoms with Gasteiger partial charge in [0.25, 0.3) is 0 Å². The lowest BCUT2D eigenvalue weighted by Crippen LogP contribution is -2.41. The maximum Gasteiger partial charge on any atom is 0.494 e. The summed E-state index contributed by atoms with van der Waals surface area (Å²) in [4.78, 5) is 22.3. The van der Waals surface area contributed by atoms with E-state index < -0.39 is 18.3 Å². The van der Waals surface area contributed by atoms with Gasteiger partial charge in [-0.3, -0.25) is 9.80 Å². The minimum absolute atomic E-state index is 0.409. The number of aromatic nitrogens is 4. The lowest BCUT2D eigenvalue weighted by atomic mass is 9.76. The second-order valence-electron chi connectivity index (χ2n) is 30.4. The van der Waals surface area contributed by atoms with E-state index in [1.54, 1.807) is 12.4 Å². The first-order valence-electron chi connectivity index (χ1n) is 39.3. The summed E-state index contributed by atoms with van der Waals surface area (Å²) in [5.74, 6) is 3.32. The molecule has 0 N–H and O–H groups in total. The predicted molar refractivity (Wildman–Crippen MR) is 491 cm³/mol. The van der Waals surface area contributed by atoms with E-state index >= 15 is 0 Å². The minimum atomic E-state index is -0.436. The number of halogens is 1. The number of benzene rings is 16. The third-order valence-electron chi connectivity index (χ3n) is 22.8. The highest BCUT2D eigenvalue weighted by molar-refractivity contribution is 9.10. The predicted octanol–water partition coefficient (Wildman–Crippen LogP) is 28.2. The molecule has 116 heavy (non-hydrogen) atoms. The Bertz CT molecular complexity index is 6960. The highest BCUT2D eigenvalue weighted by Crippen LogP contribution is 2.49. The zero-order chi connectivity index (χ0) is 78.3. The summed E-state index contributed by atoms with van der Waals surface area (Å²) in [6.45, 7) is 8.44. The monoisotopic (exact) mass is 1560 g/mol. The summed E-state index contributed by atoms with van der Waals surface area (Å²) in [7, 11) is -0.436. The standard InChI is InChI=1S/C50H33N3.C40H33BO2.C16H12BrN3/c1-3-13-37-31-40(21-19-34(37)11-1)49-43-15-5-6-16-44(43)50(41-22-20-35-12-2-4-14-38(35)32-41)46-33-39(25-28-45(46)49)36-23-26-42(27-24-36)53(47-17-7-9-29-51-47)48-18-8-10-30-52-48;1-39(2)40(3,4)43-41(42-39)32-21-22-35-36(25-32)38(31-20-18-27-12-6-8-14-29(27)24-31)34-16-10-9-15-33(34)37(35)30-19-17-26-11-5-7-13-28(26)23-30;17-13-7-9-14(10-8-13)20(15-5-1-3-11-18-15)16-6-2-4-12-19-16/h1-33H;5-25H,1-4H3;1-12H. The largest absolute Gasteiger partial charge is 0.494 e. The Morgan fingerprint density at radius 2 is 0.517 bits per heavy atom. The number of pyridine rings is 4. The van der Waals surface area contributed by atoms with Crippen molar-refractivity contribution in [3.05, 3.63) is 405 Å². The van der Waals surface area contributed by atoms with E-state index in [0.717, 1.165) is 55.7 Å². The summed E-state index contributed by atoms with van der Waals surface area (Å²) in [6, 6.07) is 134. The Labute approximate surface area is 683 Å². The molecule has 1 saturated heterocycles. The molecule has 0 spiro atoms. The lowest BCUT2D eigenvalue weighted by molar-refractivity contribution is 0.00578. The Kier molecular flexibility index (Phi) is 19.4. The molecule has 1 fully saturated rings. The molecule has 1 aliphatic rings. The van der Waals surface area contributed by atoms with Crippen LogP contribution in [0.4, 0.5) is 34.6 Å². The van der Waals surface area contributed by atoms with Crippen molar-refractivity contribution in [3.8, 4) is 55.6 Å². The fourth-order valence-corrected chi connectivity index (χ4v) is 16.7. The Balaban J connectivity index is 0.000000127. The van der Waals surface area contributed by atoms with Crippen LogP contribution in [0.1, 0.15) is 27.7 Å². The molecule has 0 aliphatic carbocycles. The van der Waals surface area contributed by atoms with Crippen molar-refractivity contribution in [3.63, 3.8) is 0 Å². The lowest BCUT2D eigenvalue weighted by Gasteiger charge is -2.32. The molecule has 1 aliphatic heterocycles. The van der Waals surface area contributed by atoms with Gasteiger partial charge in [-0.2, -0.15) is 0 Å². The van der Waals surface area contributed by atoms with Gasteiger partial charge in [-0.05, 0) is 290 Å². The maximum atomic E-state index is 6.53. The molecule has 0 bridgehead atoms. The first-order valence-corrected chi connectivity index (χ1v) is 40.1. The highest BCUT2D eigenvalue weighted by atomic mass is 79.9. The molecule has 20 aromatic rings. The van der Waals surface area contributed by atoms with Crippen LogP contribution in [-0.4, -0.2) is 38.3 Å². The van der Waals surface area contributed by atoms with Gasteiger partial charge in [-0.25, -0.2) is 19.9 Å². The number of hydrogen-bond donors (Lipinski definition) is 0. The Morgan fingerprint density at radius 3 is 0.862 bits per heavy atom. The molecule has 4 aromatic heterocycles. The third kappa shape index (κ3) is 14.0. The van der Waals surface area contributed by atoms with E-state index in [1.807, 2.05) is 114 Å². The van der Waals surface area contributed by atoms with Crippen molar-refractivity contribution in [2.24, 2.45) is 0 Å². The van der Waals surface area contributed by atoms with Crippen LogP contribution in [0.2, 0.25) is 0 Å². The molecule has 0 unspecified atom stereocenters. The van der Waals surface area contributed by atoms with Crippen molar-refractivity contribution in [1.82, 2.24) is 19.9 Å². The van der Waals surface area contributed by atoms with Gasteiger partial charge in [0.1, 0.15) is 23.3 Å². The van der Waals surface area contributed by atoms with Crippen LogP contribution in [0.15, 0.2) is 405 Å². The number of fused-ring (bicyclic) bond motifs is 8. The van der Waals surface area contributed by atoms with Crippen molar-refractivity contribution in [2.45, 2.75) is 38.9 Å². The zero-order valence-electron chi connectivity index (χ0n) is 64.6. The molecule has 10 heteroatoms. The summed E-state index contributed by atoms with van der Waals surface area (Å²) < 4.78 is 14.1. The number of anilines is 6. The summed E-state index contributed by atoms with van der Waals surface area (Å²) >= 11 is 3.46. The first kappa shape index (κ1) is 72.5. The van der Waals surface area contributed by atoms with Gasteiger partial charge in [0.05, 0.1) is 11.2 Å². The van der Waals surface area contributed by atoms with E-state index in [4.69, 9.17) is 9.31 Å². The molecule has 8 nitrogen and oxygen atoms in total. The summed E-state index contributed by atoms with van der Waals surface area (Å²) in [6.07, 6.45) is 7.20. The average molecular weight is 1560 g/mol. The van der Waals surface area contributed by atoms with Crippen LogP contribution < -0.4 is 15.3 Å². The SMILES string of the molecule is Brc1ccc(N(c2ccccn2)c2ccccn2)cc1.CC1(C)OB(c2ccc3c(-c4ccc5ccccc5c4)c4ccccc4c(-c4ccc5ccccc5c4)c3c2)OC1(C)C.c1ccc(N(c2ccc(-c3ccc4c(-c5ccc6ccccc6c5)c5ccccc5c(-c5ccc6ccccc6c5)c4c3)cc2)c2ccccn2)nc1. The molecule has 0 amide bonds. The van der Waals surface area contributed by atoms with E-state index in [1.165, 1.54) is 131 Å². The fourth-order valence-electron chi connectivity index (χ4n) is 16.4.